The number of methoxy groups -OCH3 is 4. The molecule has 0 radical (unpaired) electrons. The molecule has 0 bridgehead atoms. The van der Waals surface area contributed by atoms with E-state index in [4.69, 9.17) is 38.4 Å². The molecule has 3 saturated heterocycles. The molecule has 19 nitrogen and oxygen atoms in total. The van der Waals surface area contributed by atoms with Gasteiger partial charge in [0.05, 0.1) is 88.6 Å². The number of H-pyrrole nitrogens is 2. The van der Waals surface area contributed by atoms with Crippen molar-refractivity contribution in [2.45, 2.75) is 134 Å². The van der Waals surface area contributed by atoms with Crippen molar-refractivity contribution in [3.8, 4) is 11.3 Å². The van der Waals surface area contributed by atoms with E-state index in [0.29, 0.717) is 57.6 Å². The standard InChI is InChI=1S/C60H83N9O10/c1-36(2)48(65-58(72)76-10)56(70)67-28-12-14-46(67)54-61-34-44(63-54)38-16-20-40(21-17-38)50-52(78-32-30-74-8)53(79-33-31-75-9)51(69(50)43-26-24-42(25-27-43)60(5,6)7)41-22-18-39(19-23-41)45-35-62-55(64-45)47-15-13-29-68(47)57(71)49(37(3)4)66-59(73)77-11/h16-22,24-27,34-37,41,46-53H,12-15,23,28-33H2,1-11H3,(H,61,63)(H,62,64)(H,65,72)(H,66,73)/t41?,46-,47-,48-,49-,50-,51-,52+,53+/m0/s1. The summed E-state index contributed by atoms with van der Waals surface area (Å²) in [6.45, 7) is 17.0. The fourth-order valence-corrected chi connectivity index (χ4v) is 11.7. The number of hydrogen-bond donors (Lipinski definition) is 4. The molecule has 2 aromatic carbocycles. The van der Waals surface area contributed by atoms with Crippen LogP contribution >= 0.6 is 0 Å². The van der Waals surface area contributed by atoms with Gasteiger partial charge < -0.3 is 63.7 Å². The van der Waals surface area contributed by atoms with E-state index in [0.717, 1.165) is 59.5 Å². The molecular weight excluding hydrogens is 1010 g/mol. The Labute approximate surface area is 465 Å². The Hall–Kier alpha value is -6.54. The molecule has 79 heavy (non-hydrogen) atoms. The maximum atomic E-state index is 13.9. The smallest absolute Gasteiger partial charge is 0.407 e. The molecule has 1 unspecified atom stereocenters. The van der Waals surface area contributed by atoms with Crippen LogP contribution in [-0.2, 0) is 43.4 Å². The highest BCUT2D eigenvalue weighted by molar-refractivity contribution is 5.87. The van der Waals surface area contributed by atoms with Gasteiger partial charge in [-0.25, -0.2) is 19.6 Å². The van der Waals surface area contributed by atoms with Crippen LogP contribution in [-0.4, -0.2) is 152 Å². The predicted molar refractivity (Wildman–Crippen MR) is 301 cm³/mol. The van der Waals surface area contributed by atoms with Crippen molar-refractivity contribution >= 4 is 35.3 Å². The van der Waals surface area contributed by atoms with Gasteiger partial charge in [-0.05, 0) is 83.8 Å². The third-order valence-corrected chi connectivity index (χ3v) is 15.9. The molecule has 0 saturated carbocycles. The number of alkyl carbamates (subject to hydrolysis) is 2. The predicted octanol–water partition coefficient (Wildman–Crippen LogP) is 8.84. The van der Waals surface area contributed by atoms with Crippen molar-refractivity contribution in [2.75, 3.05) is 72.9 Å². The summed E-state index contributed by atoms with van der Waals surface area (Å²) >= 11 is 0. The summed E-state index contributed by atoms with van der Waals surface area (Å²) in [4.78, 5) is 75.2. The Bertz CT molecular complexity index is 2750. The fraction of sp³-hybridized carbons (Fsp3) is 0.567. The number of nitrogens with zero attached hydrogens (tertiary/aromatic N) is 5. The largest absolute Gasteiger partial charge is 0.453 e. The number of carbonyl (C=O) groups is 4. The Kier molecular flexibility index (Phi) is 19.4. The van der Waals surface area contributed by atoms with Crippen LogP contribution in [0, 0.1) is 17.8 Å². The van der Waals surface area contributed by atoms with Gasteiger partial charge in [-0.15, -0.1) is 0 Å². The van der Waals surface area contributed by atoms with Crippen molar-refractivity contribution in [2.24, 2.45) is 17.8 Å². The Morgan fingerprint density at radius 3 is 1.68 bits per heavy atom. The van der Waals surface area contributed by atoms with E-state index in [1.165, 1.54) is 19.8 Å². The molecule has 1 aliphatic carbocycles. The second kappa shape index (κ2) is 26.2. The van der Waals surface area contributed by atoms with Gasteiger partial charge in [0.25, 0.3) is 0 Å². The molecule has 4 amide bonds. The van der Waals surface area contributed by atoms with Gasteiger partial charge in [0.1, 0.15) is 35.9 Å². The number of amides is 4. The number of hydrogen-bond acceptors (Lipinski definition) is 13. The molecule has 9 atom stereocenters. The van der Waals surface area contributed by atoms with Crippen LogP contribution in [0.15, 0.2) is 79.2 Å². The first-order valence-electron chi connectivity index (χ1n) is 28.0. The summed E-state index contributed by atoms with van der Waals surface area (Å²) in [5.74, 6) is 0.788. The minimum Gasteiger partial charge on any atom is -0.453 e. The number of allylic oxidation sites excluding steroid dienone is 3. The van der Waals surface area contributed by atoms with Gasteiger partial charge in [-0.3, -0.25) is 9.59 Å². The van der Waals surface area contributed by atoms with Gasteiger partial charge in [-0.1, -0.05) is 103 Å². The normalized spacial score (nSPS) is 23.1. The maximum absolute atomic E-state index is 13.9. The van der Waals surface area contributed by atoms with Gasteiger partial charge in [0, 0.05) is 38.9 Å². The van der Waals surface area contributed by atoms with Crippen molar-refractivity contribution in [1.82, 2.24) is 40.4 Å². The average molecular weight is 1090 g/mol. The maximum Gasteiger partial charge on any atom is 0.407 e. The number of ether oxygens (including phenoxy) is 6. The number of benzene rings is 2. The second-order valence-electron chi connectivity index (χ2n) is 22.8. The molecule has 4 aliphatic rings. The van der Waals surface area contributed by atoms with Crippen LogP contribution in [0.5, 0.6) is 0 Å². The van der Waals surface area contributed by atoms with Gasteiger partial charge >= 0.3 is 12.2 Å². The van der Waals surface area contributed by atoms with Crippen LogP contribution in [0.3, 0.4) is 0 Å². The lowest BCUT2D eigenvalue weighted by atomic mass is 9.85. The number of carbonyl (C=O) groups excluding carboxylic acids is 4. The number of nitrogens with one attached hydrogen (secondary N) is 4. The SMILES string of the molecule is COCCO[C@H]1[C@H](OCCOC)[C@H](C2C=CC(c3cnc([C@@H]4CCCN4C(=O)[C@@H](NC(=O)OC)C(C)C)[nH]3)=CC2)N(c2ccc(C(C)(C)C)cc2)[C@H]1c1ccc(-c2cnc([C@@H]3CCCN3C(=O)[C@@H](NC(=O)OC)C(C)C)[nH]2)cc1. The van der Waals surface area contributed by atoms with Crippen molar-refractivity contribution in [3.05, 3.63) is 108 Å². The molecule has 4 N–H and O–H groups in total. The number of likely N-dealkylation sites (tertiary alicyclic amines) is 2. The summed E-state index contributed by atoms with van der Waals surface area (Å²) in [5, 5.41) is 5.47. The lowest BCUT2D eigenvalue weighted by Gasteiger charge is -2.38. The van der Waals surface area contributed by atoms with Gasteiger partial charge in [0.15, 0.2) is 0 Å². The third kappa shape index (κ3) is 13.2. The lowest BCUT2D eigenvalue weighted by Crippen LogP contribution is -2.51. The van der Waals surface area contributed by atoms with E-state index < -0.39 is 36.5 Å². The van der Waals surface area contributed by atoms with E-state index >= 15 is 0 Å². The van der Waals surface area contributed by atoms with Gasteiger partial charge in [-0.2, -0.15) is 0 Å². The Morgan fingerprint density at radius 2 is 1.20 bits per heavy atom. The molecule has 8 rings (SSSR count). The first-order valence-corrected chi connectivity index (χ1v) is 28.0. The topological polar surface area (TPSA) is 215 Å². The van der Waals surface area contributed by atoms with Crippen molar-refractivity contribution in [3.63, 3.8) is 0 Å². The monoisotopic (exact) mass is 1090 g/mol. The minimum atomic E-state index is -0.731. The third-order valence-electron chi connectivity index (χ3n) is 15.9. The molecule has 3 aliphatic heterocycles. The van der Waals surface area contributed by atoms with Crippen LogP contribution < -0.4 is 15.5 Å². The zero-order valence-corrected chi connectivity index (χ0v) is 48.0. The number of imidazole rings is 2. The quantitative estimate of drug-likeness (QED) is 0.0575. The highest BCUT2D eigenvalue weighted by Crippen LogP contribution is 2.48. The molecule has 3 fully saturated rings. The first kappa shape index (κ1) is 58.6. The molecule has 4 aromatic rings. The highest BCUT2D eigenvalue weighted by Gasteiger charge is 2.54. The summed E-state index contributed by atoms with van der Waals surface area (Å²) in [7, 11) is 5.95. The van der Waals surface area contributed by atoms with E-state index in [-0.39, 0.29) is 59.2 Å². The van der Waals surface area contributed by atoms with Crippen LogP contribution in [0.25, 0.3) is 16.8 Å². The minimum absolute atomic E-state index is 0.0190. The number of aromatic amines is 2. The fourth-order valence-electron chi connectivity index (χ4n) is 11.7. The molecule has 2 aromatic heterocycles. The summed E-state index contributed by atoms with van der Waals surface area (Å²) in [5.41, 5.74) is 6.86. The summed E-state index contributed by atoms with van der Waals surface area (Å²) < 4.78 is 34.8. The van der Waals surface area contributed by atoms with E-state index in [2.05, 4.69) is 113 Å². The number of aromatic nitrogens is 4. The zero-order chi connectivity index (χ0) is 56.5. The van der Waals surface area contributed by atoms with Crippen LogP contribution in [0.4, 0.5) is 15.3 Å². The summed E-state index contributed by atoms with van der Waals surface area (Å²) in [6, 6.07) is 15.0. The van der Waals surface area contributed by atoms with E-state index in [1.54, 1.807) is 14.2 Å². The lowest BCUT2D eigenvalue weighted by molar-refractivity contribution is -0.136. The molecule has 0 spiro atoms. The first-order chi connectivity index (χ1) is 38.0. The second-order valence-corrected chi connectivity index (χ2v) is 22.8. The number of rotatable bonds is 21. The average Bonchev–Trinajstić information content (AvgIpc) is 4.47. The zero-order valence-electron chi connectivity index (χ0n) is 48.0. The molecule has 5 heterocycles. The van der Waals surface area contributed by atoms with E-state index in [9.17, 15) is 19.2 Å². The van der Waals surface area contributed by atoms with Crippen LogP contribution in [0.2, 0.25) is 0 Å². The van der Waals surface area contributed by atoms with E-state index in [1.807, 2.05) is 49.9 Å². The van der Waals surface area contributed by atoms with Crippen molar-refractivity contribution in [1.29, 1.82) is 0 Å². The highest BCUT2D eigenvalue weighted by atomic mass is 16.6. The number of anilines is 1. The molecule has 428 valence electrons. The Morgan fingerprint density at radius 1 is 0.684 bits per heavy atom. The molecular formula is C60H83N9O10. The summed E-state index contributed by atoms with van der Waals surface area (Å²) in [6.07, 6.45) is 12.1. The van der Waals surface area contributed by atoms with Crippen molar-refractivity contribution < 1.29 is 47.6 Å². The molecule has 19 heteroatoms. The Balaban J connectivity index is 1.10. The van der Waals surface area contributed by atoms with Gasteiger partial charge in [0.2, 0.25) is 11.8 Å². The van der Waals surface area contributed by atoms with Crippen LogP contribution in [0.1, 0.15) is 127 Å².